The van der Waals surface area contributed by atoms with E-state index >= 15 is 0 Å². The molecule has 1 aromatic carbocycles. The van der Waals surface area contributed by atoms with Gasteiger partial charge in [-0.25, -0.2) is 9.18 Å². The molecule has 1 rings (SSSR count). The summed E-state index contributed by atoms with van der Waals surface area (Å²) in [5.74, 6) is -1.68. The zero-order chi connectivity index (χ0) is 12.1. The minimum absolute atomic E-state index is 0.161. The second-order valence-corrected chi connectivity index (χ2v) is 3.05. The molecule has 4 nitrogen and oxygen atoms in total. The molecule has 5 heteroatoms. The molecule has 0 heterocycles. The second-order valence-electron chi connectivity index (χ2n) is 3.05. The molecule has 0 saturated carbocycles. The van der Waals surface area contributed by atoms with Gasteiger partial charge in [0.1, 0.15) is 5.82 Å². The number of methoxy groups -OCH3 is 2. The van der Waals surface area contributed by atoms with Crippen molar-refractivity contribution in [2.45, 2.75) is 6.42 Å². The number of halogens is 1. The van der Waals surface area contributed by atoms with Crippen LogP contribution in [0, 0.1) is 5.82 Å². The Bertz CT molecular complexity index is 414. The summed E-state index contributed by atoms with van der Waals surface area (Å²) < 4.78 is 21.9. The molecule has 0 aliphatic carbocycles. The predicted molar refractivity (Wildman–Crippen MR) is 53.5 cm³/mol. The van der Waals surface area contributed by atoms with E-state index < -0.39 is 17.8 Å². The lowest BCUT2D eigenvalue weighted by Crippen LogP contribution is -2.11. The van der Waals surface area contributed by atoms with Crippen molar-refractivity contribution < 1.29 is 23.5 Å². The summed E-state index contributed by atoms with van der Waals surface area (Å²) >= 11 is 0. The van der Waals surface area contributed by atoms with Crippen molar-refractivity contribution in [3.8, 4) is 0 Å². The zero-order valence-electron chi connectivity index (χ0n) is 8.95. The van der Waals surface area contributed by atoms with Crippen LogP contribution in [0.3, 0.4) is 0 Å². The Labute approximate surface area is 92.0 Å². The van der Waals surface area contributed by atoms with Gasteiger partial charge in [0.25, 0.3) is 0 Å². The molecular formula is C11H11FO4. The minimum Gasteiger partial charge on any atom is -0.469 e. The molecule has 0 bridgehead atoms. The number of carbonyl (C=O) groups is 2. The highest BCUT2D eigenvalue weighted by atomic mass is 19.1. The van der Waals surface area contributed by atoms with Gasteiger partial charge in [-0.1, -0.05) is 0 Å². The van der Waals surface area contributed by atoms with Crippen LogP contribution in [0.25, 0.3) is 0 Å². The van der Waals surface area contributed by atoms with Gasteiger partial charge in [0.05, 0.1) is 26.2 Å². The average molecular weight is 226 g/mol. The van der Waals surface area contributed by atoms with Crippen molar-refractivity contribution in [2.75, 3.05) is 14.2 Å². The van der Waals surface area contributed by atoms with E-state index in [0.717, 1.165) is 12.1 Å². The number of hydrogen-bond donors (Lipinski definition) is 0. The van der Waals surface area contributed by atoms with Crippen LogP contribution in [0.5, 0.6) is 0 Å². The van der Waals surface area contributed by atoms with Crippen molar-refractivity contribution in [2.24, 2.45) is 0 Å². The van der Waals surface area contributed by atoms with Crippen molar-refractivity contribution in [1.82, 2.24) is 0 Å². The molecular weight excluding hydrogens is 215 g/mol. The molecule has 0 aliphatic rings. The van der Waals surface area contributed by atoms with Crippen LogP contribution in [0.4, 0.5) is 4.39 Å². The highest BCUT2D eigenvalue weighted by molar-refractivity contribution is 5.92. The van der Waals surface area contributed by atoms with Crippen LogP contribution in [0.15, 0.2) is 18.2 Å². The largest absolute Gasteiger partial charge is 0.469 e. The summed E-state index contributed by atoms with van der Waals surface area (Å²) in [5, 5.41) is 0. The molecule has 86 valence electrons. The maximum atomic E-state index is 13.0. The number of rotatable bonds is 3. The van der Waals surface area contributed by atoms with Gasteiger partial charge in [0.15, 0.2) is 0 Å². The van der Waals surface area contributed by atoms with Gasteiger partial charge < -0.3 is 9.47 Å². The highest BCUT2D eigenvalue weighted by Crippen LogP contribution is 2.13. The topological polar surface area (TPSA) is 52.6 Å². The van der Waals surface area contributed by atoms with Crippen LogP contribution in [-0.4, -0.2) is 26.2 Å². The van der Waals surface area contributed by atoms with Gasteiger partial charge in [-0.2, -0.15) is 0 Å². The van der Waals surface area contributed by atoms with E-state index in [-0.39, 0.29) is 17.5 Å². The fourth-order valence-electron chi connectivity index (χ4n) is 1.25. The molecule has 1 aromatic rings. The van der Waals surface area contributed by atoms with Gasteiger partial charge >= 0.3 is 11.9 Å². The minimum atomic E-state index is -0.612. The Hall–Kier alpha value is -1.91. The number of hydrogen-bond acceptors (Lipinski definition) is 4. The Morgan fingerprint density at radius 1 is 1.25 bits per heavy atom. The van der Waals surface area contributed by atoms with Crippen LogP contribution in [0.2, 0.25) is 0 Å². The molecule has 0 spiro atoms. The third-order valence-electron chi connectivity index (χ3n) is 2.04. The monoisotopic (exact) mass is 226 g/mol. The Morgan fingerprint density at radius 3 is 2.50 bits per heavy atom. The average Bonchev–Trinajstić information content (AvgIpc) is 2.28. The van der Waals surface area contributed by atoms with Crippen molar-refractivity contribution in [3.63, 3.8) is 0 Å². The Morgan fingerprint density at radius 2 is 1.94 bits per heavy atom. The lowest BCUT2D eigenvalue weighted by atomic mass is 10.0. The fourth-order valence-corrected chi connectivity index (χ4v) is 1.25. The zero-order valence-corrected chi connectivity index (χ0v) is 8.95. The van der Waals surface area contributed by atoms with Crippen LogP contribution >= 0.6 is 0 Å². The summed E-state index contributed by atoms with van der Waals surface area (Å²) in [6, 6.07) is 3.52. The third kappa shape index (κ3) is 2.79. The van der Waals surface area contributed by atoms with Crippen molar-refractivity contribution >= 4 is 11.9 Å². The first kappa shape index (κ1) is 12.2. The fraction of sp³-hybridized carbons (Fsp3) is 0.273. The van der Waals surface area contributed by atoms with E-state index in [1.807, 2.05) is 0 Å². The Balaban J connectivity index is 3.08. The van der Waals surface area contributed by atoms with Gasteiger partial charge in [-0.15, -0.1) is 0 Å². The van der Waals surface area contributed by atoms with E-state index in [1.165, 1.54) is 20.3 Å². The Kier molecular flexibility index (Phi) is 3.99. The molecule has 0 fully saturated rings. The van der Waals surface area contributed by atoms with Gasteiger partial charge in [-0.05, 0) is 23.8 Å². The predicted octanol–water partition coefficient (Wildman–Crippen LogP) is 1.33. The van der Waals surface area contributed by atoms with Gasteiger partial charge in [-0.3, -0.25) is 4.79 Å². The molecule has 0 unspecified atom stereocenters. The molecule has 0 atom stereocenters. The van der Waals surface area contributed by atoms with Gasteiger partial charge in [0.2, 0.25) is 0 Å². The van der Waals surface area contributed by atoms with Crippen LogP contribution < -0.4 is 0 Å². The quantitative estimate of drug-likeness (QED) is 0.729. The first-order valence-electron chi connectivity index (χ1n) is 4.52. The van der Waals surface area contributed by atoms with Crippen molar-refractivity contribution in [3.05, 3.63) is 35.1 Å². The van der Waals surface area contributed by atoms with Crippen molar-refractivity contribution in [1.29, 1.82) is 0 Å². The summed E-state index contributed by atoms with van der Waals surface area (Å²) in [7, 11) is 2.44. The summed E-state index contributed by atoms with van der Waals surface area (Å²) in [4.78, 5) is 22.4. The summed E-state index contributed by atoms with van der Waals surface area (Å²) in [5.41, 5.74) is 0.410. The summed E-state index contributed by atoms with van der Waals surface area (Å²) in [6.45, 7) is 0. The maximum Gasteiger partial charge on any atom is 0.338 e. The first-order valence-corrected chi connectivity index (χ1v) is 4.52. The van der Waals surface area contributed by atoms with E-state index in [9.17, 15) is 14.0 Å². The van der Waals surface area contributed by atoms with Crippen LogP contribution in [0.1, 0.15) is 15.9 Å². The number of esters is 2. The highest BCUT2D eigenvalue weighted by Gasteiger charge is 2.15. The summed E-state index contributed by atoms with van der Waals surface area (Å²) in [6.07, 6.45) is -0.168. The molecule has 0 amide bonds. The molecule has 0 N–H and O–H groups in total. The molecule has 0 radical (unpaired) electrons. The van der Waals surface area contributed by atoms with E-state index in [2.05, 4.69) is 9.47 Å². The SMILES string of the molecule is COC(=O)Cc1cc(F)ccc1C(=O)OC. The van der Waals surface area contributed by atoms with Gasteiger partial charge in [0, 0.05) is 0 Å². The normalized spacial score (nSPS) is 9.69. The number of benzene rings is 1. The standard InChI is InChI=1S/C11H11FO4/c1-15-10(13)6-7-5-8(12)3-4-9(7)11(14)16-2/h3-5H,6H2,1-2H3. The smallest absolute Gasteiger partial charge is 0.338 e. The number of carbonyl (C=O) groups excluding carboxylic acids is 2. The number of ether oxygens (including phenoxy) is 2. The molecule has 16 heavy (non-hydrogen) atoms. The second kappa shape index (κ2) is 5.25. The van der Waals surface area contributed by atoms with E-state index in [4.69, 9.17) is 0 Å². The third-order valence-corrected chi connectivity index (χ3v) is 2.04. The van der Waals surface area contributed by atoms with Crippen LogP contribution in [-0.2, 0) is 20.7 Å². The molecule has 0 aromatic heterocycles. The molecule has 0 aliphatic heterocycles. The lowest BCUT2D eigenvalue weighted by molar-refractivity contribution is -0.139. The lowest BCUT2D eigenvalue weighted by Gasteiger charge is -2.06. The molecule has 0 saturated heterocycles. The van der Waals surface area contributed by atoms with E-state index in [0.29, 0.717) is 0 Å². The van der Waals surface area contributed by atoms with E-state index in [1.54, 1.807) is 0 Å². The maximum absolute atomic E-state index is 13.0. The first-order chi connectivity index (χ1) is 7.58.